The van der Waals surface area contributed by atoms with Crippen molar-refractivity contribution in [3.63, 3.8) is 0 Å². The second kappa shape index (κ2) is 12.5. The highest BCUT2D eigenvalue weighted by atomic mass is 32.2. The summed E-state index contributed by atoms with van der Waals surface area (Å²) in [6.07, 6.45) is 0.900. The highest BCUT2D eigenvalue weighted by Crippen LogP contribution is 2.24. The van der Waals surface area contributed by atoms with E-state index in [0.29, 0.717) is 5.92 Å². The summed E-state index contributed by atoms with van der Waals surface area (Å²) in [5.41, 5.74) is 5.50. The lowest BCUT2D eigenvalue weighted by Crippen LogP contribution is -2.44. The average molecular weight is 462 g/mol. The number of nitrogens with zero attached hydrogens (tertiary/aromatic N) is 2. The van der Waals surface area contributed by atoms with Crippen molar-refractivity contribution >= 4 is 29.6 Å². The monoisotopic (exact) mass is 461 g/mol. The Morgan fingerprint density at radius 1 is 0.909 bits per heavy atom. The van der Waals surface area contributed by atoms with Crippen molar-refractivity contribution in [3.05, 3.63) is 89.5 Å². The number of hydrogen-bond donors (Lipinski definition) is 1. The van der Waals surface area contributed by atoms with Crippen LogP contribution in [0.4, 0.5) is 11.4 Å². The molecular weight excluding hydrogens is 426 g/mol. The van der Waals surface area contributed by atoms with E-state index < -0.39 is 0 Å². The van der Waals surface area contributed by atoms with Gasteiger partial charge in [-0.15, -0.1) is 0 Å². The quantitative estimate of drug-likeness (QED) is 0.335. The van der Waals surface area contributed by atoms with Crippen molar-refractivity contribution in [3.8, 4) is 0 Å². The Bertz CT molecular complexity index is 997. The first-order valence-electron chi connectivity index (χ1n) is 11.5. The topological polar surface area (TPSA) is 35.6 Å². The number of benzene rings is 3. The van der Waals surface area contributed by atoms with Gasteiger partial charge in [-0.05, 0) is 79.4 Å². The minimum atomic E-state index is 0.545. The summed E-state index contributed by atoms with van der Waals surface area (Å²) >= 11 is 1.52. The Hall–Kier alpha value is -2.76. The van der Waals surface area contributed by atoms with Gasteiger partial charge in [-0.1, -0.05) is 50.2 Å². The van der Waals surface area contributed by atoms with Crippen LogP contribution in [0.15, 0.2) is 77.7 Å². The molecule has 3 aromatic carbocycles. The maximum atomic E-state index is 10.9. The highest BCUT2D eigenvalue weighted by molar-refractivity contribution is 8.00. The molecule has 174 valence electrons. The molecule has 0 aliphatic carbocycles. The van der Waals surface area contributed by atoms with Crippen LogP contribution >= 0.6 is 11.9 Å². The van der Waals surface area contributed by atoms with Gasteiger partial charge in [-0.25, -0.2) is 0 Å². The van der Waals surface area contributed by atoms with Crippen LogP contribution in [-0.2, 0) is 0 Å². The number of carbonyl (C=O) groups excluding carboxylic acids is 1. The van der Waals surface area contributed by atoms with Gasteiger partial charge in [0.2, 0.25) is 0 Å². The van der Waals surface area contributed by atoms with Crippen molar-refractivity contribution in [1.29, 1.82) is 0 Å². The van der Waals surface area contributed by atoms with Crippen LogP contribution in [-0.4, -0.2) is 44.4 Å². The van der Waals surface area contributed by atoms with Crippen molar-refractivity contribution in [1.82, 2.24) is 4.90 Å². The minimum absolute atomic E-state index is 0.545. The number of nitrogens with one attached hydrogen (secondary N) is 1. The fourth-order valence-electron chi connectivity index (χ4n) is 3.57. The predicted octanol–water partition coefficient (Wildman–Crippen LogP) is 6.49. The standard InChI is InChI=1S/C17H19NOS.C11H16N2/c1-12(2)14-5-7-16(8-6-14)18-20-17-9-4-13(3)15(10-17)11-19;1-12-7-9-13(10-8-12)11-5-3-2-4-6-11/h4-12,18H,1-3H3;2-6H,7-10H2,1H3. The molecule has 3 aromatic rings. The molecule has 4 rings (SSSR count). The van der Waals surface area contributed by atoms with Gasteiger partial charge in [0.1, 0.15) is 6.29 Å². The lowest BCUT2D eigenvalue weighted by atomic mass is 10.0. The van der Waals surface area contributed by atoms with Gasteiger partial charge in [-0.3, -0.25) is 4.79 Å². The van der Waals surface area contributed by atoms with Gasteiger partial charge >= 0.3 is 0 Å². The van der Waals surface area contributed by atoms with E-state index in [1.54, 1.807) is 0 Å². The Morgan fingerprint density at radius 2 is 1.58 bits per heavy atom. The molecule has 1 N–H and O–H groups in total. The van der Waals surface area contributed by atoms with Crippen molar-refractivity contribution in [2.45, 2.75) is 31.6 Å². The third-order valence-electron chi connectivity index (χ3n) is 5.87. The van der Waals surface area contributed by atoms with E-state index in [-0.39, 0.29) is 0 Å². The van der Waals surface area contributed by atoms with Crippen molar-refractivity contribution < 1.29 is 4.79 Å². The van der Waals surface area contributed by atoms with Crippen LogP contribution in [0.1, 0.15) is 41.3 Å². The molecule has 4 nitrogen and oxygen atoms in total. The average Bonchev–Trinajstić information content (AvgIpc) is 2.85. The minimum Gasteiger partial charge on any atom is -0.369 e. The summed E-state index contributed by atoms with van der Waals surface area (Å²) in [6.45, 7) is 11.0. The summed E-state index contributed by atoms with van der Waals surface area (Å²) in [4.78, 5) is 16.8. The molecule has 0 radical (unpaired) electrons. The molecule has 0 aromatic heterocycles. The largest absolute Gasteiger partial charge is 0.369 e. The van der Waals surface area contributed by atoms with Crippen molar-refractivity contribution in [2.24, 2.45) is 0 Å². The first-order chi connectivity index (χ1) is 16.0. The summed E-state index contributed by atoms with van der Waals surface area (Å²) in [6, 6.07) is 25.0. The number of hydrogen-bond acceptors (Lipinski definition) is 5. The van der Waals surface area contributed by atoms with Crippen LogP contribution < -0.4 is 9.62 Å². The van der Waals surface area contributed by atoms with Crippen LogP contribution in [0.5, 0.6) is 0 Å². The third kappa shape index (κ3) is 7.65. The summed E-state index contributed by atoms with van der Waals surface area (Å²) in [7, 11) is 2.18. The van der Waals surface area contributed by atoms with Gasteiger partial charge in [0.25, 0.3) is 0 Å². The maximum Gasteiger partial charge on any atom is 0.150 e. The summed E-state index contributed by atoms with van der Waals surface area (Å²) in [5.74, 6) is 0.545. The van der Waals surface area contributed by atoms with Gasteiger partial charge in [-0.2, -0.15) is 0 Å². The van der Waals surface area contributed by atoms with Crippen LogP contribution in [0.25, 0.3) is 0 Å². The van der Waals surface area contributed by atoms with E-state index in [1.807, 2.05) is 25.1 Å². The molecule has 33 heavy (non-hydrogen) atoms. The van der Waals surface area contributed by atoms with Crippen LogP contribution in [0.3, 0.4) is 0 Å². The van der Waals surface area contributed by atoms with Gasteiger partial charge in [0.05, 0.1) is 0 Å². The number of rotatable bonds is 6. The Morgan fingerprint density at radius 3 is 2.18 bits per heavy atom. The SMILES string of the molecule is CN1CCN(c2ccccc2)CC1.Cc1ccc(SNc2ccc(C(C)C)cc2)cc1C=O. The molecule has 5 heteroatoms. The van der Waals surface area contributed by atoms with Crippen LogP contribution in [0.2, 0.25) is 0 Å². The molecule has 0 saturated carbocycles. The highest BCUT2D eigenvalue weighted by Gasteiger charge is 2.13. The molecule has 0 amide bonds. The number of aldehydes is 1. The third-order valence-corrected chi connectivity index (χ3v) is 6.69. The summed E-state index contributed by atoms with van der Waals surface area (Å²) in [5, 5.41) is 0. The second-order valence-corrected chi connectivity index (χ2v) is 9.62. The van der Waals surface area contributed by atoms with E-state index in [4.69, 9.17) is 0 Å². The smallest absolute Gasteiger partial charge is 0.150 e. The zero-order valence-electron chi connectivity index (χ0n) is 20.1. The van der Waals surface area contributed by atoms with E-state index in [0.717, 1.165) is 41.1 Å². The molecule has 1 aliphatic heterocycles. The molecule has 1 fully saturated rings. The van der Waals surface area contributed by atoms with E-state index in [9.17, 15) is 4.79 Å². The summed E-state index contributed by atoms with van der Waals surface area (Å²) < 4.78 is 3.30. The first-order valence-corrected chi connectivity index (χ1v) is 12.3. The normalized spacial score (nSPS) is 13.9. The van der Waals surface area contributed by atoms with Gasteiger partial charge in [0, 0.05) is 48.0 Å². The Labute approximate surface area is 203 Å². The predicted molar refractivity (Wildman–Crippen MR) is 143 cm³/mol. The zero-order chi connectivity index (χ0) is 23.6. The van der Waals surface area contributed by atoms with Gasteiger partial charge in [0.15, 0.2) is 0 Å². The van der Waals surface area contributed by atoms with Crippen LogP contribution in [0, 0.1) is 6.92 Å². The molecule has 1 saturated heterocycles. The maximum absolute atomic E-state index is 10.9. The second-order valence-electron chi connectivity index (χ2n) is 8.74. The zero-order valence-corrected chi connectivity index (χ0v) is 20.9. The molecule has 0 unspecified atom stereocenters. The first kappa shape index (κ1) is 24.9. The molecule has 1 heterocycles. The Kier molecular flexibility index (Phi) is 9.40. The fraction of sp³-hybridized carbons (Fsp3) is 0.321. The number of anilines is 2. The van der Waals surface area contributed by atoms with E-state index in [1.165, 1.54) is 36.3 Å². The number of aryl methyl sites for hydroxylation is 1. The molecule has 0 bridgehead atoms. The Balaban J connectivity index is 0.000000203. The molecule has 0 spiro atoms. The van der Waals surface area contributed by atoms with Crippen molar-refractivity contribution in [2.75, 3.05) is 42.8 Å². The number of likely N-dealkylation sites (N-methyl/N-ethyl adjacent to an activating group) is 1. The molecule has 0 atom stereocenters. The number of piperazine rings is 1. The van der Waals surface area contributed by atoms with Gasteiger partial charge < -0.3 is 14.5 Å². The lowest BCUT2D eigenvalue weighted by molar-refractivity contribution is 0.112. The number of carbonyl (C=O) groups is 1. The van der Waals surface area contributed by atoms with E-state index in [2.05, 4.69) is 90.0 Å². The van der Waals surface area contributed by atoms with E-state index >= 15 is 0 Å². The number of para-hydroxylation sites is 1. The molecular formula is C28H35N3OS. The lowest BCUT2D eigenvalue weighted by Gasteiger charge is -2.33. The fourth-order valence-corrected chi connectivity index (χ4v) is 4.26. The molecule has 1 aliphatic rings.